The van der Waals surface area contributed by atoms with Crippen LogP contribution in [0.1, 0.15) is 30.7 Å². The number of likely N-dealkylation sites (tertiary alicyclic amines) is 1. The van der Waals surface area contributed by atoms with Crippen LogP contribution in [0.2, 0.25) is 0 Å². The maximum absolute atomic E-state index is 12.2. The molecule has 1 aromatic rings. The first-order valence-corrected chi connectivity index (χ1v) is 7.80. The summed E-state index contributed by atoms with van der Waals surface area (Å²) < 4.78 is 0. The molecule has 1 saturated carbocycles. The second-order valence-corrected chi connectivity index (χ2v) is 6.46. The number of nitrogens with zero attached hydrogens (tertiary/aromatic N) is 2. The van der Waals surface area contributed by atoms with Gasteiger partial charge in [0.2, 0.25) is 0 Å². The van der Waals surface area contributed by atoms with Crippen molar-refractivity contribution in [3.8, 4) is 0 Å². The van der Waals surface area contributed by atoms with Crippen molar-refractivity contribution in [3.63, 3.8) is 0 Å². The average Bonchev–Trinajstić information content (AvgIpc) is 2.76. The van der Waals surface area contributed by atoms with Crippen LogP contribution in [0.15, 0.2) is 18.2 Å². The Morgan fingerprint density at radius 2 is 2.33 bits per heavy atom. The Labute approximate surface area is 125 Å². The van der Waals surface area contributed by atoms with Crippen molar-refractivity contribution in [2.75, 3.05) is 19.6 Å². The van der Waals surface area contributed by atoms with Gasteiger partial charge in [-0.25, -0.2) is 4.79 Å². The summed E-state index contributed by atoms with van der Waals surface area (Å²) in [4.78, 5) is 18.5. The summed E-state index contributed by atoms with van der Waals surface area (Å²) in [6.45, 7) is 4.11. The number of hydrogen-bond donors (Lipinski definition) is 2. The van der Waals surface area contributed by atoms with E-state index in [9.17, 15) is 4.79 Å². The molecule has 1 atom stereocenters. The van der Waals surface area contributed by atoms with Gasteiger partial charge in [-0.05, 0) is 31.9 Å². The molecule has 5 heteroatoms. The van der Waals surface area contributed by atoms with Gasteiger partial charge in [0.25, 0.3) is 0 Å². The molecule has 3 rings (SSSR count). The van der Waals surface area contributed by atoms with E-state index in [-0.39, 0.29) is 17.5 Å². The smallest absolute Gasteiger partial charge is 0.317 e. The van der Waals surface area contributed by atoms with Crippen molar-refractivity contribution in [2.24, 2.45) is 11.1 Å². The summed E-state index contributed by atoms with van der Waals surface area (Å²) in [6, 6.07) is 6.14. The van der Waals surface area contributed by atoms with Crippen molar-refractivity contribution < 1.29 is 4.79 Å². The number of aryl methyl sites for hydroxylation is 1. The minimum atomic E-state index is 0.0156. The second-order valence-electron chi connectivity index (χ2n) is 6.46. The van der Waals surface area contributed by atoms with E-state index in [0.29, 0.717) is 13.1 Å². The molecule has 0 radical (unpaired) electrons. The zero-order chi connectivity index (χ0) is 14.9. The number of nitrogens with two attached hydrogens (primary N) is 1. The molecule has 114 valence electrons. The minimum absolute atomic E-state index is 0.0156. The SMILES string of the molecule is Cc1cccc(CCNC(=O)N2CC(N)C3(CCC3)C2)n1. The first kappa shape index (κ1) is 14.3. The van der Waals surface area contributed by atoms with Crippen LogP contribution in [-0.4, -0.2) is 41.6 Å². The molecule has 2 aliphatic rings. The minimum Gasteiger partial charge on any atom is -0.338 e. The summed E-state index contributed by atoms with van der Waals surface area (Å²) in [5.74, 6) is 0. The van der Waals surface area contributed by atoms with Crippen molar-refractivity contribution in [1.82, 2.24) is 15.2 Å². The van der Waals surface area contributed by atoms with E-state index < -0.39 is 0 Å². The summed E-state index contributed by atoms with van der Waals surface area (Å²) in [6.07, 6.45) is 4.36. The van der Waals surface area contributed by atoms with Crippen LogP contribution in [-0.2, 0) is 6.42 Å². The molecule has 0 bridgehead atoms. The van der Waals surface area contributed by atoms with Crippen molar-refractivity contribution >= 4 is 6.03 Å². The normalized spacial score (nSPS) is 23.1. The van der Waals surface area contributed by atoms with Crippen LogP contribution < -0.4 is 11.1 Å². The Bertz CT molecular complexity index is 527. The Balaban J connectivity index is 1.47. The molecule has 1 aliphatic carbocycles. The van der Waals surface area contributed by atoms with Gasteiger partial charge in [-0.15, -0.1) is 0 Å². The van der Waals surface area contributed by atoms with Crippen LogP contribution in [0.3, 0.4) is 0 Å². The van der Waals surface area contributed by atoms with E-state index in [0.717, 1.165) is 24.4 Å². The average molecular weight is 288 g/mol. The summed E-state index contributed by atoms with van der Waals surface area (Å²) in [7, 11) is 0. The Morgan fingerprint density at radius 1 is 1.52 bits per heavy atom. The van der Waals surface area contributed by atoms with E-state index in [2.05, 4.69) is 10.3 Å². The first-order chi connectivity index (χ1) is 10.1. The van der Waals surface area contributed by atoms with E-state index >= 15 is 0 Å². The summed E-state index contributed by atoms with van der Waals surface area (Å²) >= 11 is 0. The van der Waals surface area contributed by atoms with E-state index in [1.54, 1.807) is 0 Å². The summed E-state index contributed by atoms with van der Waals surface area (Å²) in [5, 5.41) is 2.99. The molecule has 1 saturated heterocycles. The fourth-order valence-corrected chi connectivity index (χ4v) is 3.46. The third-order valence-corrected chi connectivity index (χ3v) is 4.95. The number of amides is 2. The number of pyridine rings is 1. The van der Waals surface area contributed by atoms with Crippen LogP contribution in [0.25, 0.3) is 0 Å². The molecule has 5 nitrogen and oxygen atoms in total. The van der Waals surface area contributed by atoms with E-state index in [4.69, 9.17) is 5.73 Å². The third kappa shape index (κ3) is 2.88. The first-order valence-electron chi connectivity index (χ1n) is 7.80. The lowest BCUT2D eigenvalue weighted by Crippen LogP contribution is -2.45. The Morgan fingerprint density at radius 3 is 2.95 bits per heavy atom. The highest BCUT2D eigenvalue weighted by Crippen LogP contribution is 2.47. The molecule has 1 spiro atoms. The van der Waals surface area contributed by atoms with E-state index in [1.165, 1.54) is 19.3 Å². The van der Waals surface area contributed by atoms with Gasteiger partial charge in [0.05, 0.1) is 0 Å². The standard InChI is InChI=1S/C16H24N4O/c1-12-4-2-5-13(19-12)6-9-18-15(21)20-10-14(17)16(11-20)7-3-8-16/h2,4-5,14H,3,6-11,17H2,1H3,(H,18,21). The lowest BCUT2D eigenvalue weighted by Gasteiger charge is -2.41. The van der Waals surface area contributed by atoms with Crippen LogP contribution in [0, 0.1) is 12.3 Å². The number of hydrogen-bond acceptors (Lipinski definition) is 3. The molecule has 0 aromatic carbocycles. The molecule has 2 fully saturated rings. The molecule has 21 heavy (non-hydrogen) atoms. The Kier molecular flexibility index (Phi) is 3.85. The van der Waals surface area contributed by atoms with Crippen LogP contribution >= 0.6 is 0 Å². The zero-order valence-corrected chi connectivity index (χ0v) is 12.6. The molecular weight excluding hydrogens is 264 g/mol. The number of nitrogens with one attached hydrogen (secondary N) is 1. The molecule has 1 aromatic heterocycles. The monoisotopic (exact) mass is 288 g/mol. The van der Waals surface area contributed by atoms with Gasteiger partial charge >= 0.3 is 6.03 Å². The van der Waals surface area contributed by atoms with Crippen molar-refractivity contribution in [2.45, 2.75) is 38.6 Å². The number of urea groups is 1. The zero-order valence-electron chi connectivity index (χ0n) is 12.6. The third-order valence-electron chi connectivity index (χ3n) is 4.95. The van der Waals surface area contributed by atoms with Gasteiger partial charge < -0.3 is 16.0 Å². The molecular formula is C16H24N4O. The van der Waals surface area contributed by atoms with Gasteiger partial charge in [-0.1, -0.05) is 12.5 Å². The Hall–Kier alpha value is -1.62. The molecule has 2 heterocycles. The molecule has 1 unspecified atom stereocenters. The second kappa shape index (κ2) is 5.64. The largest absolute Gasteiger partial charge is 0.338 e. The number of rotatable bonds is 3. The lowest BCUT2D eigenvalue weighted by molar-refractivity contribution is 0.125. The van der Waals surface area contributed by atoms with Gasteiger partial charge in [0.15, 0.2) is 0 Å². The fraction of sp³-hybridized carbons (Fsp3) is 0.625. The predicted octanol–water partition coefficient (Wildman–Crippen LogP) is 1.46. The quantitative estimate of drug-likeness (QED) is 0.884. The van der Waals surface area contributed by atoms with Crippen molar-refractivity contribution in [1.29, 1.82) is 0 Å². The molecule has 1 aliphatic heterocycles. The van der Waals surface area contributed by atoms with Gasteiger partial charge in [0.1, 0.15) is 0 Å². The number of carbonyl (C=O) groups excluding carboxylic acids is 1. The lowest BCUT2D eigenvalue weighted by atomic mass is 9.66. The predicted molar refractivity (Wildman–Crippen MR) is 81.9 cm³/mol. The number of aromatic nitrogens is 1. The van der Waals surface area contributed by atoms with E-state index in [1.807, 2.05) is 30.0 Å². The summed E-state index contributed by atoms with van der Waals surface area (Å²) in [5.41, 5.74) is 8.45. The van der Waals surface area contributed by atoms with Gasteiger partial charge in [0, 0.05) is 48.9 Å². The highest BCUT2D eigenvalue weighted by Gasteiger charge is 2.49. The number of carbonyl (C=O) groups is 1. The fourth-order valence-electron chi connectivity index (χ4n) is 3.46. The van der Waals surface area contributed by atoms with Gasteiger partial charge in [-0.2, -0.15) is 0 Å². The van der Waals surface area contributed by atoms with Crippen LogP contribution in [0.5, 0.6) is 0 Å². The topological polar surface area (TPSA) is 71.2 Å². The highest BCUT2D eigenvalue weighted by atomic mass is 16.2. The maximum Gasteiger partial charge on any atom is 0.317 e. The molecule has 2 amide bonds. The van der Waals surface area contributed by atoms with Gasteiger partial charge in [-0.3, -0.25) is 4.98 Å². The highest BCUT2D eigenvalue weighted by molar-refractivity contribution is 5.74. The van der Waals surface area contributed by atoms with Crippen molar-refractivity contribution in [3.05, 3.63) is 29.6 Å². The maximum atomic E-state index is 12.2. The molecule has 3 N–H and O–H groups in total. The van der Waals surface area contributed by atoms with Crippen LogP contribution in [0.4, 0.5) is 4.79 Å².